The summed E-state index contributed by atoms with van der Waals surface area (Å²) in [5.41, 5.74) is 1.09. The van der Waals surface area contributed by atoms with Gasteiger partial charge in [-0.2, -0.15) is 0 Å². The molecule has 1 aromatic rings. The van der Waals surface area contributed by atoms with E-state index in [1.807, 2.05) is 30.3 Å². The Kier molecular flexibility index (Phi) is 8.83. The zero-order valence-electron chi connectivity index (χ0n) is 13.0. The lowest BCUT2D eigenvalue weighted by molar-refractivity contribution is 0.223. The van der Waals surface area contributed by atoms with Crippen LogP contribution in [0.4, 0.5) is 0 Å². The van der Waals surface area contributed by atoms with Crippen molar-refractivity contribution in [3.63, 3.8) is 0 Å². The molecule has 0 radical (unpaired) electrons. The van der Waals surface area contributed by atoms with E-state index in [4.69, 9.17) is 21.3 Å². The van der Waals surface area contributed by atoms with Gasteiger partial charge >= 0.3 is 7.60 Å². The highest BCUT2D eigenvalue weighted by molar-refractivity contribution is 7.81. The van der Waals surface area contributed by atoms with Gasteiger partial charge < -0.3 is 19.5 Å². The summed E-state index contributed by atoms with van der Waals surface area (Å²) in [6.07, 6.45) is 0.653. The Bertz CT molecular complexity index is 488. The second-order valence-corrected chi connectivity index (χ2v) is 7.29. The van der Waals surface area contributed by atoms with Crippen LogP contribution < -0.4 is 5.32 Å². The summed E-state index contributed by atoms with van der Waals surface area (Å²) >= 11 is 5.23. The van der Waals surface area contributed by atoms with Crippen LogP contribution in [0.5, 0.6) is 0 Å². The Balaban J connectivity index is 2.58. The summed E-state index contributed by atoms with van der Waals surface area (Å²) in [6, 6.07) is 9.57. The van der Waals surface area contributed by atoms with E-state index in [9.17, 15) is 9.67 Å². The minimum Gasteiger partial charge on any atom is -0.394 e. The number of aliphatic hydroxyl groups is 1. The Morgan fingerprint density at radius 3 is 2.36 bits per heavy atom. The van der Waals surface area contributed by atoms with E-state index < -0.39 is 7.60 Å². The van der Waals surface area contributed by atoms with Crippen LogP contribution in [0.3, 0.4) is 0 Å². The van der Waals surface area contributed by atoms with Crippen LogP contribution in [-0.4, -0.2) is 42.1 Å². The summed E-state index contributed by atoms with van der Waals surface area (Å²) in [5, 5.41) is 12.5. The van der Waals surface area contributed by atoms with E-state index in [2.05, 4.69) is 5.32 Å². The summed E-state index contributed by atoms with van der Waals surface area (Å²) in [5.74, 6) is 0. The van der Waals surface area contributed by atoms with Crippen molar-refractivity contribution < 1.29 is 18.7 Å². The average molecular weight is 345 g/mol. The highest BCUT2D eigenvalue weighted by Gasteiger charge is 2.26. The maximum Gasteiger partial charge on any atom is 0.337 e. The molecule has 0 saturated carbocycles. The summed E-state index contributed by atoms with van der Waals surface area (Å²) in [6.45, 7) is 4.05. The van der Waals surface area contributed by atoms with Gasteiger partial charge in [0.2, 0.25) is 0 Å². The number of nitrogens with one attached hydrogen (secondary N) is 1. The molecule has 0 aliphatic carbocycles. The van der Waals surface area contributed by atoms with Gasteiger partial charge in [0.05, 0.1) is 30.9 Å². The van der Waals surface area contributed by atoms with Gasteiger partial charge in [0.15, 0.2) is 0 Å². The summed E-state index contributed by atoms with van der Waals surface area (Å²) in [4.78, 5) is 0.375. The third-order valence-electron chi connectivity index (χ3n) is 2.90. The molecule has 0 spiro atoms. The molecular formula is C15H24NO4PS. The normalized spacial score (nSPS) is 12.9. The molecule has 0 fully saturated rings. The lowest BCUT2D eigenvalue weighted by atomic mass is 10.1. The molecule has 7 heteroatoms. The van der Waals surface area contributed by atoms with Crippen LogP contribution >= 0.6 is 19.8 Å². The standard InChI is InChI=1S/C15H24NO4PS/c1-3-19-21(18,20-4-2)12-15(22)16-14(11-17)10-13-8-6-5-7-9-13/h5-9,14,17H,3-4,10-12H2,1-2H3,(H,16,22). The van der Waals surface area contributed by atoms with E-state index >= 15 is 0 Å². The van der Waals surface area contributed by atoms with Crippen molar-refractivity contribution in [2.45, 2.75) is 26.3 Å². The molecule has 0 heterocycles. The zero-order chi connectivity index (χ0) is 16.4. The fourth-order valence-corrected chi connectivity index (χ4v) is 4.16. The maximum atomic E-state index is 12.4. The lowest BCUT2D eigenvalue weighted by Gasteiger charge is -2.21. The largest absolute Gasteiger partial charge is 0.394 e. The minimum absolute atomic E-state index is 0.0231. The molecule has 1 atom stereocenters. The Morgan fingerprint density at radius 2 is 1.86 bits per heavy atom. The Hall–Kier alpha value is -0.780. The van der Waals surface area contributed by atoms with Crippen molar-refractivity contribution in [2.75, 3.05) is 26.0 Å². The van der Waals surface area contributed by atoms with Crippen molar-refractivity contribution in [3.05, 3.63) is 35.9 Å². The molecule has 5 nitrogen and oxygen atoms in total. The second-order valence-electron chi connectivity index (χ2n) is 4.74. The van der Waals surface area contributed by atoms with Crippen molar-refractivity contribution >= 4 is 24.8 Å². The number of rotatable bonds is 10. The highest BCUT2D eigenvalue weighted by atomic mass is 32.1. The number of benzene rings is 1. The maximum absolute atomic E-state index is 12.4. The summed E-state index contributed by atoms with van der Waals surface area (Å²) < 4.78 is 22.9. The van der Waals surface area contributed by atoms with Gasteiger partial charge in [0, 0.05) is 0 Å². The fraction of sp³-hybridized carbons (Fsp3) is 0.533. The zero-order valence-corrected chi connectivity index (χ0v) is 14.7. The van der Waals surface area contributed by atoms with Crippen LogP contribution in [-0.2, 0) is 20.0 Å². The summed E-state index contributed by atoms with van der Waals surface area (Å²) in [7, 11) is -3.21. The third-order valence-corrected chi connectivity index (χ3v) is 5.38. The number of hydrogen-bond acceptors (Lipinski definition) is 5. The number of aliphatic hydroxyl groups excluding tert-OH is 1. The van der Waals surface area contributed by atoms with Crippen LogP contribution in [0.15, 0.2) is 30.3 Å². The van der Waals surface area contributed by atoms with Gasteiger partial charge in [-0.3, -0.25) is 4.57 Å². The first-order valence-electron chi connectivity index (χ1n) is 7.35. The first-order chi connectivity index (χ1) is 10.5. The van der Waals surface area contributed by atoms with Crippen LogP contribution in [0.1, 0.15) is 19.4 Å². The first-order valence-corrected chi connectivity index (χ1v) is 9.48. The van der Waals surface area contributed by atoms with Gasteiger partial charge in [-0.05, 0) is 25.8 Å². The van der Waals surface area contributed by atoms with E-state index in [1.54, 1.807) is 13.8 Å². The number of hydrogen-bond donors (Lipinski definition) is 2. The molecule has 0 bridgehead atoms. The quantitative estimate of drug-likeness (QED) is 0.502. The van der Waals surface area contributed by atoms with Crippen molar-refractivity contribution in [1.82, 2.24) is 5.32 Å². The molecule has 1 rings (SSSR count). The van der Waals surface area contributed by atoms with E-state index in [1.165, 1.54) is 0 Å². The molecule has 0 amide bonds. The SMILES string of the molecule is CCOP(=O)(CC(=S)NC(CO)Cc1ccccc1)OCC. The highest BCUT2D eigenvalue weighted by Crippen LogP contribution is 2.47. The fourth-order valence-electron chi connectivity index (χ4n) is 2.03. The molecule has 0 aromatic heterocycles. The molecular weight excluding hydrogens is 321 g/mol. The average Bonchev–Trinajstić information content (AvgIpc) is 2.47. The van der Waals surface area contributed by atoms with Crippen LogP contribution in [0, 0.1) is 0 Å². The molecule has 22 heavy (non-hydrogen) atoms. The van der Waals surface area contributed by atoms with Gasteiger partial charge in [0.1, 0.15) is 6.16 Å². The Labute approximate surface area is 137 Å². The molecule has 0 saturated heterocycles. The molecule has 0 aliphatic heterocycles. The van der Waals surface area contributed by atoms with Gasteiger partial charge in [-0.25, -0.2) is 0 Å². The smallest absolute Gasteiger partial charge is 0.337 e. The van der Waals surface area contributed by atoms with Gasteiger partial charge in [-0.15, -0.1) is 0 Å². The van der Waals surface area contributed by atoms with Crippen molar-refractivity contribution in [3.8, 4) is 0 Å². The van der Waals surface area contributed by atoms with Crippen molar-refractivity contribution in [2.24, 2.45) is 0 Å². The van der Waals surface area contributed by atoms with Crippen LogP contribution in [0.2, 0.25) is 0 Å². The lowest BCUT2D eigenvalue weighted by Crippen LogP contribution is -2.39. The van der Waals surface area contributed by atoms with E-state index in [0.717, 1.165) is 5.56 Å². The van der Waals surface area contributed by atoms with Gasteiger partial charge in [0.25, 0.3) is 0 Å². The predicted molar refractivity (Wildman–Crippen MR) is 92.5 cm³/mol. The third kappa shape index (κ3) is 6.99. The van der Waals surface area contributed by atoms with E-state index in [-0.39, 0.29) is 18.8 Å². The predicted octanol–water partition coefficient (Wildman–Crippen LogP) is 2.77. The monoisotopic (exact) mass is 345 g/mol. The molecule has 124 valence electrons. The first kappa shape index (κ1) is 19.3. The molecule has 2 N–H and O–H groups in total. The second kappa shape index (κ2) is 10.1. The molecule has 1 aromatic carbocycles. The van der Waals surface area contributed by atoms with Crippen LogP contribution in [0.25, 0.3) is 0 Å². The minimum atomic E-state index is -3.21. The topological polar surface area (TPSA) is 67.8 Å². The van der Waals surface area contributed by atoms with Gasteiger partial charge in [-0.1, -0.05) is 42.5 Å². The Morgan fingerprint density at radius 1 is 1.27 bits per heavy atom. The van der Waals surface area contributed by atoms with E-state index in [0.29, 0.717) is 24.6 Å². The van der Waals surface area contributed by atoms with Crippen molar-refractivity contribution in [1.29, 1.82) is 0 Å². The molecule has 0 aliphatic rings. The number of thiocarbonyl (C=S) groups is 1. The molecule has 1 unspecified atom stereocenters.